The number of aromatic nitrogens is 4. The molecule has 0 aliphatic carbocycles. The summed E-state index contributed by atoms with van der Waals surface area (Å²) in [5.41, 5.74) is 0.873. The molecular formula is C12H9FN4OS. The monoisotopic (exact) mass is 276 g/mol. The van der Waals surface area contributed by atoms with Gasteiger partial charge in [0.25, 0.3) is 0 Å². The molecule has 2 heterocycles. The van der Waals surface area contributed by atoms with Crippen LogP contribution in [0.1, 0.15) is 0 Å². The predicted molar refractivity (Wildman–Crippen MR) is 69.4 cm³/mol. The molecule has 5 nitrogen and oxygen atoms in total. The summed E-state index contributed by atoms with van der Waals surface area (Å²) in [6, 6.07) is 4.68. The van der Waals surface area contributed by atoms with Crippen LogP contribution < -0.4 is 4.74 Å². The summed E-state index contributed by atoms with van der Waals surface area (Å²) >= 11 is 1.36. The molecule has 0 saturated heterocycles. The van der Waals surface area contributed by atoms with E-state index in [0.717, 1.165) is 0 Å². The van der Waals surface area contributed by atoms with Crippen molar-refractivity contribution in [2.45, 2.75) is 0 Å². The number of nitrogens with zero attached hydrogens (tertiary/aromatic N) is 3. The summed E-state index contributed by atoms with van der Waals surface area (Å²) in [4.78, 5) is 8.37. The van der Waals surface area contributed by atoms with E-state index in [1.807, 2.05) is 0 Å². The van der Waals surface area contributed by atoms with Crippen LogP contribution in [0.2, 0.25) is 0 Å². The molecule has 0 spiro atoms. The third-order valence-electron chi connectivity index (χ3n) is 2.57. The van der Waals surface area contributed by atoms with Crippen molar-refractivity contribution in [1.29, 1.82) is 0 Å². The summed E-state index contributed by atoms with van der Waals surface area (Å²) in [5.74, 6) is 0.648. The van der Waals surface area contributed by atoms with Crippen LogP contribution in [0, 0.1) is 5.82 Å². The van der Waals surface area contributed by atoms with Crippen LogP contribution in [-0.2, 0) is 0 Å². The highest BCUT2D eigenvalue weighted by atomic mass is 32.1. The molecule has 0 bridgehead atoms. The molecule has 0 fully saturated rings. The second-order valence-electron chi connectivity index (χ2n) is 3.69. The molecule has 0 unspecified atom stereocenters. The smallest absolute Gasteiger partial charge is 0.184 e. The van der Waals surface area contributed by atoms with Crippen LogP contribution in [0.15, 0.2) is 29.9 Å². The van der Waals surface area contributed by atoms with E-state index in [-0.39, 0.29) is 5.82 Å². The lowest BCUT2D eigenvalue weighted by Gasteiger charge is -2.06. The molecule has 0 aliphatic heterocycles. The Hall–Kier alpha value is -2.28. The first-order valence-electron chi connectivity index (χ1n) is 5.43. The third-order valence-corrected chi connectivity index (χ3v) is 3.42. The van der Waals surface area contributed by atoms with Gasteiger partial charge in [-0.2, -0.15) is 5.10 Å². The molecular weight excluding hydrogens is 267 g/mol. The maximum Gasteiger partial charge on any atom is 0.184 e. The fourth-order valence-corrected chi connectivity index (χ4v) is 2.48. The van der Waals surface area contributed by atoms with Crippen molar-refractivity contribution in [2.24, 2.45) is 0 Å². The van der Waals surface area contributed by atoms with Gasteiger partial charge in [-0.25, -0.2) is 14.4 Å². The average Bonchev–Trinajstić information content (AvgIpc) is 3.08. The lowest BCUT2D eigenvalue weighted by molar-refractivity contribution is 0.413. The number of nitrogens with one attached hydrogen (secondary N) is 1. The highest BCUT2D eigenvalue weighted by molar-refractivity contribution is 7.13. The summed E-state index contributed by atoms with van der Waals surface area (Å²) in [5, 5.41) is 8.90. The SMILES string of the molecule is COc1cccc(F)c1-c1csc(-c2ncn[nH]2)n1. The molecule has 3 aromatic rings. The molecule has 3 rings (SSSR count). The topological polar surface area (TPSA) is 63.7 Å². The minimum absolute atomic E-state index is 0.354. The van der Waals surface area contributed by atoms with Gasteiger partial charge in [-0.15, -0.1) is 11.3 Å². The fourth-order valence-electron chi connectivity index (χ4n) is 1.73. The van der Waals surface area contributed by atoms with Crippen molar-refractivity contribution in [3.05, 3.63) is 35.7 Å². The summed E-state index contributed by atoms with van der Waals surface area (Å²) in [7, 11) is 1.50. The number of methoxy groups -OCH3 is 1. The van der Waals surface area contributed by atoms with Crippen molar-refractivity contribution >= 4 is 11.3 Å². The van der Waals surface area contributed by atoms with Gasteiger partial charge in [0.15, 0.2) is 10.8 Å². The van der Waals surface area contributed by atoms with Gasteiger partial charge in [0.2, 0.25) is 0 Å². The van der Waals surface area contributed by atoms with Crippen LogP contribution >= 0.6 is 11.3 Å². The number of ether oxygens (including phenoxy) is 1. The van der Waals surface area contributed by atoms with Crippen LogP contribution in [0.25, 0.3) is 22.1 Å². The van der Waals surface area contributed by atoms with E-state index in [2.05, 4.69) is 20.2 Å². The Morgan fingerprint density at radius 1 is 1.37 bits per heavy atom. The second kappa shape index (κ2) is 4.77. The fraction of sp³-hybridized carbons (Fsp3) is 0.0833. The molecule has 0 atom stereocenters. The lowest BCUT2D eigenvalue weighted by Crippen LogP contribution is -1.92. The van der Waals surface area contributed by atoms with Gasteiger partial charge in [0.05, 0.1) is 18.4 Å². The van der Waals surface area contributed by atoms with E-state index in [0.29, 0.717) is 27.8 Å². The van der Waals surface area contributed by atoms with Gasteiger partial charge in [-0.05, 0) is 12.1 Å². The average molecular weight is 276 g/mol. The first-order chi connectivity index (χ1) is 9.29. The zero-order valence-corrected chi connectivity index (χ0v) is 10.7. The number of hydrogen-bond acceptors (Lipinski definition) is 5. The highest BCUT2D eigenvalue weighted by Gasteiger charge is 2.16. The Bertz CT molecular complexity index is 696. The van der Waals surface area contributed by atoms with Gasteiger partial charge < -0.3 is 4.74 Å². The van der Waals surface area contributed by atoms with E-state index in [9.17, 15) is 4.39 Å². The molecule has 0 amide bonds. The maximum atomic E-state index is 13.9. The molecule has 1 aromatic carbocycles. The number of aromatic amines is 1. The molecule has 2 aromatic heterocycles. The van der Waals surface area contributed by atoms with E-state index >= 15 is 0 Å². The zero-order chi connectivity index (χ0) is 13.2. The van der Waals surface area contributed by atoms with Crippen LogP contribution in [0.5, 0.6) is 5.75 Å². The third kappa shape index (κ3) is 2.08. The van der Waals surface area contributed by atoms with Gasteiger partial charge in [0, 0.05) is 5.38 Å². The minimum Gasteiger partial charge on any atom is -0.496 e. The molecule has 0 saturated carbocycles. The molecule has 1 N–H and O–H groups in total. The van der Waals surface area contributed by atoms with Crippen molar-refractivity contribution in [2.75, 3.05) is 7.11 Å². The van der Waals surface area contributed by atoms with Crippen molar-refractivity contribution < 1.29 is 9.13 Å². The molecule has 96 valence electrons. The normalized spacial score (nSPS) is 10.6. The van der Waals surface area contributed by atoms with Crippen LogP contribution in [-0.4, -0.2) is 27.3 Å². The van der Waals surface area contributed by atoms with Crippen molar-refractivity contribution in [3.8, 4) is 27.8 Å². The van der Waals surface area contributed by atoms with Gasteiger partial charge in [-0.1, -0.05) is 6.07 Å². The van der Waals surface area contributed by atoms with E-state index in [1.54, 1.807) is 17.5 Å². The largest absolute Gasteiger partial charge is 0.496 e. The van der Waals surface area contributed by atoms with Gasteiger partial charge in [-0.3, -0.25) is 5.10 Å². The first-order valence-corrected chi connectivity index (χ1v) is 6.31. The predicted octanol–water partition coefficient (Wildman–Crippen LogP) is 2.74. The number of thiazole rings is 1. The standard InChI is InChI=1S/C12H9FN4OS/c1-18-9-4-2-3-7(13)10(9)8-5-19-12(16-8)11-14-6-15-17-11/h2-6H,1H3,(H,14,15,17). The quantitative estimate of drug-likeness (QED) is 0.799. The van der Waals surface area contributed by atoms with E-state index in [4.69, 9.17) is 4.74 Å². The Labute approximate surface area is 112 Å². The van der Waals surface area contributed by atoms with Crippen LogP contribution in [0.4, 0.5) is 4.39 Å². The van der Waals surface area contributed by atoms with Crippen LogP contribution in [0.3, 0.4) is 0 Å². The minimum atomic E-state index is -0.367. The Balaban J connectivity index is 2.09. The number of halogens is 1. The Morgan fingerprint density at radius 2 is 2.26 bits per heavy atom. The van der Waals surface area contributed by atoms with E-state index < -0.39 is 0 Å². The van der Waals surface area contributed by atoms with Crippen molar-refractivity contribution in [3.63, 3.8) is 0 Å². The lowest BCUT2D eigenvalue weighted by atomic mass is 10.1. The second-order valence-corrected chi connectivity index (χ2v) is 4.55. The summed E-state index contributed by atoms with van der Waals surface area (Å²) in [6.07, 6.45) is 1.40. The molecule has 0 aliphatic rings. The number of H-pyrrole nitrogens is 1. The zero-order valence-electron chi connectivity index (χ0n) is 9.92. The molecule has 7 heteroatoms. The first kappa shape index (κ1) is 11.8. The Kier molecular flexibility index (Phi) is 2.96. The van der Waals surface area contributed by atoms with Gasteiger partial charge in [0.1, 0.15) is 17.9 Å². The Morgan fingerprint density at radius 3 is 3.00 bits per heavy atom. The summed E-state index contributed by atoms with van der Waals surface area (Å²) < 4.78 is 19.1. The van der Waals surface area contributed by atoms with E-state index in [1.165, 1.54) is 30.8 Å². The number of benzene rings is 1. The number of rotatable bonds is 3. The van der Waals surface area contributed by atoms with Gasteiger partial charge >= 0.3 is 0 Å². The molecule has 19 heavy (non-hydrogen) atoms. The van der Waals surface area contributed by atoms with Crippen molar-refractivity contribution in [1.82, 2.24) is 20.2 Å². The molecule has 0 radical (unpaired) electrons. The highest BCUT2D eigenvalue weighted by Crippen LogP contribution is 2.34. The maximum absolute atomic E-state index is 13.9. The summed E-state index contributed by atoms with van der Waals surface area (Å²) in [6.45, 7) is 0. The number of hydrogen-bond donors (Lipinski definition) is 1.